The Hall–Kier alpha value is -0.300. The van der Waals surface area contributed by atoms with Gasteiger partial charge in [0, 0.05) is 5.41 Å². The van der Waals surface area contributed by atoms with E-state index in [2.05, 4.69) is 20.4 Å². The van der Waals surface area contributed by atoms with Crippen LogP contribution in [-0.2, 0) is 4.74 Å². The molecular formula is C7H12O. The average Bonchev–Trinajstić information content (AvgIpc) is 2.44. The highest BCUT2D eigenvalue weighted by atomic mass is 16.6. The minimum Gasteiger partial charge on any atom is -0.372 e. The molecule has 0 radical (unpaired) electrons. The molecule has 1 heteroatoms. The molecule has 0 aliphatic carbocycles. The quantitative estimate of drug-likeness (QED) is 0.390. The summed E-state index contributed by atoms with van der Waals surface area (Å²) in [5, 5.41) is 0. The van der Waals surface area contributed by atoms with Crippen LogP contribution in [0, 0.1) is 5.41 Å². The molecule has 1 unspecified atom stereocenters. The third-order valence-corrected chi connectivity index (χ3v) is 1.69. The molecule has 0 amide bonds. The molecule has 0 spiro atoms. The van der Waals surface area contributed by atoms with E-state index in [0.29, 0.717) is 6.10 Å². The number of epoxide rings is 1. The highest BCUT2D eigenvalue weighted by molar-refractivity contribution is 4.98. The summed E-state index contributed by atoms with van der Waals surface area (Å²) in [5.41, 5.74) is 0.194. The monoisotopic (exact) mass is 112 g/mol. The van der Waals surface area contributed by atoms with Gasteiger partial charge in [0.25, 0.3) is 0 Å². The Morgan fingerprint density at radius 2 is 2.25 bits per heavy atom. The molecule has 0 bridgehead atoms. The molecule has 0 aromatic carbocycles. The van der Waals surface area contributed by atoms with E-state index in [1.807, 2.05) is 6.08 Å². The van der Waals surface area contributed by atoms with Crippen LogP contribution in [0.5, 0.6) is 0 Å². The molecule has 0 saturated carbocycles. The molecule has 1 aliphatic rings. The van der Waals surface area contributed by atoms with E-state index in [0.717, 1.165) is 6.61 Å². The molecule has 0 N–H and O–H groups in total. The zero-order chi connectivity index (χ0) is 6.20. The van der Waals surface area contributed by atoms with Crippen molar-refractivity contribution in [1.29, 1.82) is 0 Å². The molecule has 1 nitrogen and oxygen atoms in total. The lowest BCUT2D eigenvalue weighted by atomic mass is 9.90. The third kappa shape index (κ3) is 0.920. The van der Waals surface area contributed by atoms with E-state index in [9.17, 15) is 0 Å². The van der Waals surface area contributed by atoms with Crippen LogP contribution in [0.3, 0.4) is 0 Å². The van der Waals surface area contributed by atoms with E-state index in [-0.39, 0.29) is 5.41 Å². The summed E-state index contributed by atoms with van der Waals surface area (Å²) in [6.45, 7) is 8.90. The second kappa shape index (κ2) is 1.59. The Labute approximate surface area is 50.3 Å². The molecule has 1 atom stereocenters. The van der Waals surface area contributed by atoms with E-state index in [1.165, 1.54) is 0 Å². The summed E-state index contributed by atoms with van der Waals surface area (Å²) >= 11 is 0. The largest absolute Gasteiger partial charge is 0.372 e. The first kappa shape index (κ1) is 5.83. The van der Waals surface area contributed by atoms with Crippen LogP contribution in [0.1, 0.15) is 13.8 Å². The molecule has 1 heterocycles. The number of hydrogen-bond donors (Lipinski definition) is 0. The second-order valence-electron chi connectivity index (χ2n) is 2.85. The number of hydrogen-bond acceptors (Lipinski definition) is 1. The fourth-order valence-corrected chi connectivity index (χ4v) is 0.609. The lowest BCUT2D eigenvalue weighted by Gasteiger charge is -2.14. The van der Waals surface area contributed by atoms with Gasteiger partial charge in [-0.3, -0.25) is 0 Å². The third-order valence-electron chi connectivity index (χ3n) is 1.69. The molecule has 1 fully saturated rings. The fourth-order valence-electron chi connectivity index (χ4n) is 0.609. The van der Waals surface area contributed by atoms with Crippen LogP contribution >= 0.6 is 0 Å². The molecule has 1 aliphatic heterocycles. The van der Waals surface area contributed by atoms with Gasteiger partial charge in [0.05, 0.1) is 12.7 Å². The minimum atomic E-state index is 0.194. The highest BCUT2D eigenvalue weighted by Crippen LogP contribution is 2.32. The number of rotatable bonds is 2. The molecular weight excluding hydrogens is 100 g/mol. The van der Waals surface area contributed by atoms with Crippen molar-refractivity contribution in [2.24, 2.45) is 5.41 Å². The first-order chi connectivity index (χ1) is 3.67. The maximum Gasteiger partial charge on any atom is 0.0894 e. The molecule has 1 saturated heterocycles. The average molecular weight is 112 g/mol. The van der Waals surface area contributed by atoms with Crippen LogP contribution in [0.25, 0.3) is 0 Å². The van der Waals surface area contributed by atoms with Gasteiger partial charge in [0.1, 0.15) is 0 Å². The van der Waals surface area contributed by atoms with Gasteiger partial charge in [0.15, 0.2) is 0 Å². The molecule has 0 aromatic heterocycles. The molecule has 8 heavy (non-hydrogen) atoms. The predicted molar refractivity (Wildman–Crippen MR) is 33.7 cm³/mol. The van der Waals surface area contributed by atoms with Crippen LogP contribution in [0.2, 0.25) is 0 Å². The van der Waals surface area contributed by atoms with Crippen molar-refractivity contribution in [3.05, 3.63) is 12.7 Å². The van der Waals surface area contributed by atoms with Crippen molar-refractivity contribution in [2.75, 3.05) is 6.61 Å². The smallest absolute Gasteiger partial charge is 0.0894 e. The van der Waals surface area contributed by atoms with Crippen LogP contribution in [0.4, 0.5) is 0 Å². The van der Waals surface area contributed by atoms with E-state index >= 15 is 0 Å². The maximum absolute atomic E-state index is 5.09. The summed E-state index contributed by atoms with van der Waals surface area (Å²) < 4.78 is 5.09. The lowest BCUT2D eigenvalue weighted by molar-refractivity contribution is 0.297. The van der Waals surface area contributed by atoms with Crippen LogP contribution in [-0.4, -0.2) is 12.7 Å². The van der Waals surface area contributed by atoms with Crippen LogP contribution in [0.15, 0.2) is 12.7 Å². The van der Waals surface area contributed by atoms with Crippen molar-refractivity contribution < 1.29 is 4.74 Å². The van der Waals surface area contributed by atoms with Gasteiger partial charge >= 0.3 is 0 Å². The van der Waals surface area contributed by atoms with Gasteiger partial charge in [-0.1, -0.05) is 19.9 Å². The maximum atomic E-state index is 5.09. The van der Waals surface area contributed by atoms with Crippen LogP contribution < -0.4 is 0 Å². The minimum absolute atomic E-state index is 0.194. The van der Waals surface area contributed by atoms with Gasteiger partial charge in [-0.05, 0) is 0 Å². The first-order valence-electron chi connectivity index (χ1n) is 2.92. The zero-order valence-corrected chi connectivity index (χ0v) is 5.48. The Kier molecular flexibility index (Phi) is 1.16. The van der Waals surface area contributed by atoms with Gasteiger partial charge < -0.3 is 4.74 Å². The highest BCUT2D eigenvalue weighted by Gasteiger charge is 2.36. The lowest BCUT2D eigenvalue weighted by Crippen LogP contribution is -2.14. The van der Waals surface area contributed by atoms with Crippen molar-refractivity contribution >= 4 is 0 Å². The predicted octanol–water partition coefficient (Wildman–Crippen LogP) is 1.60. The Morgan fingerprint density at radius 1 is 1.75 bits per heavy atom. The topological polar surface area (TPSA) is 12.5 Å². The van der Waals surface area contributed by atoms with E-state index in [4.69, 9.17) is 4.74 Å². The summed E-state index contributed by atoms with van der Waals surface area (Å²) in [6.07, 6.45) is 2.39. The summed E-state index contributed by atoms with van der Waals surface area (Å²) in [5.74, 6) is 0. The Morgan fingerprint density at radius 3 is 2.38 bits per heavy atom. The van der Waals surface area contributed by atoms with Gasteiger partial charge in [-0.25, -0.2) is 0 Å². The number of ether oxygens (including phenoxy) is 1. The Bertz CT molecular complexity index is 101. The SMILES string of the molecule is C=CC(C)(C)C1CO1. The normalized spacial score (nSPS) is 27.5. The van der Waals surface area contributed by atoms with Crippen molar-refractivity contribution in [1.82, 2.24) is 0 Å². The molecule has 46 valence electrons. The van der Waals surface area contributed by atoms with Crippen molar-refractivity contribution in [3.8, 4) is 0 Å². The van der Waals surface area contributed by atoms with Crippen molar-refractivity contribution in [3.63, 3.8) is 0 Å². The van der Waals surface area contributed by atoms with Gasteiger partial charge in [-0.2, -0.15) is 0 Å². The summed E-state index contributed by atoms with van der Waals surface area (Å²) in [7, 11) is 0. The summed E-state index contributed by atoms with van der Waals surface area (Å²) in [6, 6.07) is 0. The second-order valence-corrected chi connectivity index (χ2v) is 2.85. The standard InChI is InChI=1S/C7H12O/c1-4-7(2,3)6-5-8-6/h4,6H,1,5H2,2-3H3. The fraction of sp³-hybridized carbons (Fsp3) is 0.714. The van der Waals surface area contributed by atoms with E-state index in [1.54, 1.807) is 0 Å². The van der Waals surface area contributed by atoms with Crippen molar-refractivity contribution in [2.45, 2.75) is 20.0 Å². The zero-order valence-electron chi connectivity index (χ0n) is 5.48. The Balaban J connectivity index is 2.49. The molecule has 0 aromatic rings. The summed E-state index contributed by atoms with van der Waals surface area (Å²) in [4.78, 5) is 0. The first-order valence-corrected chi connectivity index (χ1v) is 2.92. The molecule has 1 rings (SSSR count). The van der Waals surface area contributed by atoms with Gasteiger partial charge in [0.2, 0.25) is 0 Å². The van der Waals surface area contributed by atoms with Gasteiger partial charge in [-0.15, -0.1) is 6.58 Å². The van der Waals surface area contributed by atoms with E-state index < -0.39 is 0 Å².